The number of benzene rings is 1. The number of hydrogen-bond acceptors (Lipinski definition) is 4. The van der Waals surface area contributed by atoms with E-state index in [1.54, 1.807) is 6.92 Å². The molecule has 0 fully saturated rings. The lowest BCUT2D eigenvalue weighted by Crippen LogP contribution is -2.38. The second-order valence-electron chi connectivity index (χ2n) is 3.71. The van der Waals surface area contributed by atoms with Gasteiger partial charge >= 0.3 is 5.97 Å². The molecule has 0 amide bonds. The molecule has 0 radical (unpaired) electrons. The molecule has 0 aliphatic heterocycles. The molecule has 2 N–H and O–H groups in total. The van der Waals surface area contributed by atoms with Gasteiger partial charge < -0.3 is 9.84 Å². The van der Waals surface area contributed by atoms with Gasteiger partial charge in [-0.3, -0.25) is 4.79 Å². The third kappa shape index (κ3) is 4.09. The SMILES string of the molecule is CCOc1ccc(S(=O)(=O)N[C@@H](C)C(=O)O)cc1Cl. The van der Waals surface area contributed by atoms with E-state index in [1.807, 2.05) is 4.72 Å². The molecule has 0 aliphatic carbocycles. The zero-order valence-electron chi connectivity index (χ0n) is 10.4. The lowest BCUT2D eigenvalue weighted by atomic mass is 10.3. The summed E-state index contributed by atoms with van der Waals surface area (Å²) in [6.07, 6.45) is 0. The summed E-state index contributed by atoms with van der Waals surface area (Å²) >= 11 is 5.88. The van der Waals surface area contributed by atoms with Crippen LogP contribution in [0.1, 0.15) is 13.8 Å². The first kappa shape index (κ1) is 15.7. The smallest absolute Gasteiger partial charge is 0.321 e. The summed E-state index contributed by atoms with van der Waals surface area (Å²) in [5.74, 6) is -0.894. The molecule has 106 valence electrons. The van der Waals surface area contributed by atoms with Gasteiger partial charge in [0.2, 0.25) is 10.0 Å². The van der Waals surface area contributed by atoms with E-state index >= 15 is 0 Å². The highest BCUT2D eigenvalue weighted by atomic mass is 35.5. The molecule has 0 unspecified atom stereocenters. The average molecular weight is 308 g/mol. The Balaban J connectivity index is 3.02. The summed E-state index contributed by atoms with van der Waals surface area (Å²) in [5, 5.41) is 8.83. The minimum absolute atomic E-state index is 0.117. The number of hydrogen-bond donors (Lipinski definition) is 2. The highest BCUT2D eigenvalue weighted by molar-refractivity contribution is 7.89. The Kier molecular flexibility index (Phi) is 5.16. The maximum Gasteiger partial charge on any atom is 0.321 e. The monoisotopic (exact) mass is 307 g/mol. The van der Waals surface area contributed by atoms with Crippen LogP contribution in [0.5, 0.6) is 5.75 Å². The molecule has 1 rings (SSSR count). The van der Waals surface area contributed by atoms with Crippen molar-refractivity contribution >= 4 is 27.6 Å². The highest BCUT2D eigenvalue weighted by Gasteiger charge is 2.22. The van der Waals surface area contributed by atoms with Crippen LogP contribution in [-0.4, -0.2) is 32.1 Å². The van der Waals surface area contributed by atoms with E-state index in [-0.39, 0.29) is 9.92 Å². The zero-order chi connectivity index (χ0) is 14.6. The Morgan fingerprint density at radius 3 is 2.63 bits per heavy atom. The van der Waals surface area contributed by atoms with Crippen LogP contribution >= 0.6 is 11.6 Å². The number of nitrogens with one attached hydrogen (secondary N) is 1. The van der Waals surface area contributed by atoms with Crippen LogP contribution in [0, 0.1) is 0 Å². The fraction of sp³-hybridized carbons (Fsp3) is 0.364. The maximum absolute atomic E-state index is 11.9. The third-order valence-corrected chi connectivity index (χ3v) is 4.05. The number of ether oxygens (including phenoxy) is 1. The van der Waals surface area contributed by atoms with Gasteiger partial charge in [-0.2, -0.15) is 4.72 Å². The van der Waals surface area contributed by atoms with Crippen molar-refractivity contribution in [3.05, 3.63) is 23.2 Å². The Morgan fingerprint density at radius 1 is 1.53 bits per heavy atom. The number of aliphatic carboxylic acids is 1. The largest absolute Gasteiger partial charge is 0.492 e. The lowest BCUT2D eigenvalue weighted by molar-refractivity contribution is -0.138. The molecule has 0 bridgehead atoms. The van der Waals surface area contributed by atoms with Crippen molar-refractivity contribution in [1.82, 2.24) is 4.72 Å². The van der Waals surface area contributed by atoms with Crippen molar-refractivity contribution < 1.29 is 23.1 Å². The Bertz CT molecular complexity index is 572. The summed E-state index contributed by atoms with van der Waals surface area (Å²) in [6.45, 7) is 3.41. The van der Waals surface area contributed by atoms with Crippen LogP contribution in [0.3, 0.4) is 0 Å². The van der Waals surface area contributed by atoms with Gasteiger partial charge in [0.05, 0.1) is 16.5 Å². The maximum atomic E-state index is 11.9. The molecule has 0 saturated heterocycles. The van der Waals surface area contributed by atoms with Gasteiger partial charge in [-0.15, -0.1) is 0 Å². The number of halogens is 1. The quantitative estimate of drug-likeness (QED) is 0.830. The van der Waals surface area contributed by atoms with Crippen molar-refractivity contribution in [2.75, 3.05) is 6.61 Å². The van der Waals surface area contributed by atoms with E-state index in [0.29, 0.717) is 12.4 Å². The predicted molar refractivity (Wildman–Crippen MR) is 70.0 cm³/mol. The molecular weight excluding hydrogens is 294 g/mol. The van der Waals surface area contributed by atoms with Gasteiger partial charge in [-0.05, 0) is 32.0 Å². The first-order chi connectivity index (χ1) is 8.77. The summed E-state index contributed by atoms with van der Waals surface area (Å²) in [5.41, 5.74) is 0. The van der Waals surface area contributed by atoms with Crippen molar-refractivity contribution in [3.63, 3.8) is 0 Å². The highest BCUT2D eigenvalue weighted by Crippen LogP contribution is 2.27. The predicted octanol–water partition coefficient (Wildman–Crippen LogP) is 1.49. The van der Waals surface area contributed by atoms with Gasteiger partial charge in [0, 0.05) is 0 Å². The van der Waals surface area contributed by atoms with Crippen LogP contribution in [0.2, 0.25) is 5.02 Å². The average Bonchev–Trinajstić information content (AvgIpc) is 2.31. The molecule has 0 saturated carbocycles. The van der Waals surface area contributed by atoms with Crippen molar-refractivity contribution in [2.24, 2.45) is 0 Å². The van der Waals surface area contributed by atoms with Crippen LogP contribution in [0.15, 0.2) is 23.1 Å². The molecule has 19 heavy (non-hydrogen) atoms. The van der Waals surface area contributed by atoms with Crippen molar-refractivity contribution in [3.8, 4) is 5.75 Å². The molecule has 0 aromatic heterocycles. The summed E-state index contributed by atoms with van der Waals surface area (Å²) in [6, 6.07) is 2.71. The summed E-state index contributed by atoms with van der Waals surface area (Å²) in [7, 11) is -3.93. The first-order valence-electron chi connectivity index (χ1n) is 5.45. The summed E-state index contributed by atoms with van der Waals surface area (Å²) < 4.78 is 31.0. The second kappa shape index (κ2) is 6.23. The van der Waals surface area contributed by atoms with Gasteiger partial charge in [-0.1, -0.05) is 11.6 Å². The van der Waals surface area contributed by atoms with Crippen LogP contribution < -0.4 is 9.46 Å². The molecule has 6 nitrogen and oxygen atoms in total. The van der Waals surface area contributed by atoms with Gasteiger partial charge in [0.25, 0.3) is 0 Å². The zero-order valence-corrected chi connectivity index (χ0v) is 12.0. The molecule has 0 spiro atoms. The number of sulfonamides is 1. The van der Waals surface area contributed by atoms with E-state index < -0.39 is 22.0 Å². The third-order valence-electron chi connectivity index (χ3n) is 2.22. The standard InChI is InChI=1S/C11H14ClNO5S/c1-3-18-10-5-4-8(6-9(10)12)19(16,17)13-7(2)11(14)15/h4-7,13H,3H2,1-2H3,(H,14,15)/t7-/m0/s1. The second-order valence-corrected chi connectivity index (χ2v) is 5.83. The van der Waals surface area contributed by atoms with Crippen LogP contribution in [-0.2, 0) is 14.8 Å². The van der Waals surface area contributed by atoms with Gasteiger partial charge in [0.15, 0.2) is 0 Å². The molecule has 0 aliphatic rings. The first-order valence-corrected chi connectivity index (χ1v) is 7.31. The molecule has 1 atom stereocenters. The minimum Gasteiger partial charge on any atom is -0.492 e. The van der Waals surface area contributed by atoms with Crippen LogP contribution in [0.4, 0.5) is 0 Å². The lowest BCUT2D eigenvalue weighted by Gasteiger charge is -2.11. The van der Waals surface area contributed by atoms with Crippen LogP contribution in [0.25, 0.3) is 0 Å². The van der Waals surface area contributed by atoms with E-state index in [9.17, 15) is 13.2 Å². The topological polar surface area (TPSA) is 92.7 Å². The van der Waals surface area contributed by atoms with Crippen molar-refractivity contribution in [2.45, 2.75) is 24.8 Å². The van der Waals surface area contributed by atoms with Crippen molar-refractivity contribution in [1.29, 1.82) is 0 Å². The number of carboxylic acid groups (broad SMARTS) is 1. The summed E-state index contributed by atoms with van der Waals surface area (Å²) in [4.78, 5) is 10.5. The fourth-order valence-electron chi connectivity index (χ4n) is 1.27. The Labute approximate surface area is 116 Å². The van der Waals surface area contributed by atoms with Gasteiger partial charge in [0.1, 0.15) is 11.8 Å². The number of rotatable bonds is 6. The molecular formula is C11H14ClNO5S. The molecule has 0 heterocycles. The molecule has 1 aromatic rings. The van der Waals surface area contributed by atoms with E-state index in [1.165, 1.54) is 25.1 Å². The van der Waals surface area contributed by atoms with Gasteiger partial charge in [-0.25, -0.2) is 8.42 Å². The Hall–Kier alpha value is -1.31. The van der Waals surface area contributed by atoms with E-state index in [2.05, 4.69) is 0 Å². The normalized spacial score (nSPS) is 13.0. The minimum atomic E-state index is -3.93. The number of carboxylic acids is 1. The molecule has 8 heteroatoms. The van der Waals surface area contributed by atoms with E-state index in [0.717, 1.165) is 0 Å². The fourth-order valence-corrected chi connectivity index (χ4v) is 2.79. The van der Waals surface area contributed by atoms with E-state index in [4.69, 9.17) is 21.4 Å². The molecule has 1 aromatic carbocycles. The Morgan fingerprint density at radius 2 is 2.16 bits per heavy atom. The number of carbonyl (C=O) groups is 1.